The maximum Gasteiger partial charge on any atom is 0.410 e. The molecule has 0 radical (unpaired) electrons. The number of piperidine rings is 1. The third-order valence-electron chi connectivity index (χ3n) is 3.26. The van der Waals surface area contributed by atoms with Gasteiger partial charge in [0.25, 0.3) is 0 Å². The lowest BCUT2D eigenvalue weighted by atomic mass is 9.98. The summed E-state index contributed by atoms with van der Waals surface area (Å²) in [6, 6.07) is 0. The molecule has 1 aliphatic heterocycles. The van der Waals surface area contributed by atoms with E-state index in [0.29, 0.717) is 5.92 Å². The number of likely N-dealkylation sites (tertiary alicyclic amines) is 1. The van der Waals surface area contributed by atoms with Crippen molar-refractivity contribution in [1.82, 2.24) is 4.90 Å². The van der Waals surface area contributed by atoms with E-state index in [1.54, 1.807) is 0 Å². The van der Waals surface area contributed by atoms with Crippen molar-refractivity contribution >= 4 is 6.09 Å². The smallest absolute Gasteiger partial charge is 0.410 e. The second-order valence-corrected chi connectivity index (χ2v) is 6.34. The molecule has 0 saturated carbocycles. The summed E-state index contributed by atoms with van der Waals surface area (Å²) in [5, 5.41) is 0. The molecule has 0 aliphatic carbocycles. The van der Waals surface area contributed by atoms with Crippen LogP contribution in [0.2, 0.25) is 0 Å². The summed E-state index contributed by atoms with van der Waals surface area (Å²) in [6.07, 6.45) is 4.17. The lowest BCUT2D eigenvalue weighted by Gasteiger charge is -2.33. The Morgan fingerprint density at radius 1 is 1.26 bits per heavy atom. The molecule has 0 spiro atoms. The van der Waals surface area contributed by atoms with Gasteiger partial charge >= 0.3 is 6.09 Å². The van der Waals surface area contributed by atoms with Gasteiger partial charge in [0.15, 0.2) is 0 Å². The van der Waals surface area contributed by atoms with Crippen LogP contribution in [0.5, 0.6) is 0 Å². The zero-order chi connectivity index (χ0) is 14.3. The first-order chi connectivity index (χ1) is 8.92. The highest BCUT2D eigenvalue weighted by Gasteiger charge is 2.26. The second kappa shape index (κ2) is 7.73. The molecule has 1 rings (SSSR count). The van der Waals surface area contributed by atoms with E-state index in [2.05, 4.69) is 6.92 Å². The summed E-state index contributed by atoms with van der Waals surface area (Å²) >= 11 is 0. The Hall–Kier alpha value is -0.770. The van der Waals surface area contributed by atoms with E-state index in [0.717, 1.165) is 45.6 Å². The lowest BCUT2D eigenvalue weighted by molar-refractivity contribution is 0.0116. The summed E-state index contributed by atoms with van der Waals surface area (Å²) in [6.45, 7) is 11.2. The monoisotopic (exact) mass is 271 g/mol. The van der Waals surface area contributed by atoms with Crippen LogP contribution in [0.3, 0.4) is 0 Å². The minimum Gasteiger partial charge on any atom is -0.444 e. The number of carbonyl (C=O) groups is 1. The van der Waals surface area contributed by atoms with E-state index in [9.17, 15) is 4.79 Å². The molecule has 4 nitrogen and oxygen atoms in total. The first-order valence-electron chi connectivity index (χ1n) is 7.48. The van der Waals surface area contributed by atoms with E-state index < -0.39 is 5.60 Å². The van der Waals surface area contributed by atoms with Gasteiger partial charge in [-0.05, 0) is 46.0 Å². The highest BCUT2D eigenvalue weighted by molar-refractivity contribution is 5.68. The molecule has 0 atom stereocenters. The van der Waals surface area contributed by atoms with Gasteiger partial charge in [0, 0.05) is 26.3 Å². The number of hydrogen-bond donors (Lipinski definition) is 0. The first kappa shape index (κ1) is 16.3. The summed E-state index contributed by atoms with van der Waals surface area (Å²) in [4.78, 5) is 13.7. The number of unbranched alkanes of at least 4 members (excludes halogenated alkanes) is 1. The van der Waals surface area contributed by atoms with Gasteiger partial charge in [-0.25, -0.2) is 4.79 Å². The average molecular weight is 271 g/mol. The Morgan fingerprint density at radius 2 is 1.89 bits per heavy atom. The van der Waals surface area contributed by atoms with Gasteiger partial charge in [0.05, 0.1) is 0 Å². The van der Waals surface area contributed by atoms with E-state index in [-0.39, 0.29) is 6.09 Å². The first-order valence-corrected chi connectivity index (χ1v) is 7.48. The minimum atomic E-state index is -0.406. The molecule has 0 aromatic rings. The largest absolute Gasteiger partial charge is 0.444 e. The van der Waals surface area contributed by atoms with Gasteiger partial charge in [0.1, 0.15) is 5.60 Å². The standard InChI is InChI=1S/C15H29NO3/c1-5-6-11-18-12-13-7-9-16(10-8-13)14(17)19-15(2,3)4/h13H,5-12H2,1-4H3. The van der Waals surface area contributed by atoms with Crippen LogP contribution < -0.4 is 0 Å². The SMILES string of the molecule is CCCCOCC1CCN(C(=O)OC(C)(C)C)CC1. The third-order valence-corrected chi connectivity index (χ3v) is 3.26. The van der Waals surface area contributed by atoms with Crippen LogP contribution in [0.15, 0.2) is 0 Å². The minimum absolute atomic E-state index is 0.183. The van der Waals surface area contributed by atoms with Gasteiger partial charge in [-0.2, -0.15) is 0 Å². The van der Waals surface area contributed by atoms with Crippen LogP contribution in [0.1, 0.15) is 53.4 Å². The molecular formula is C15H29NO3. The van der Waals surface area contributed by atoms with Crippen LogP contribution in [-0.4, -0.2) is 42.9 Å². The van der Waals surface area contributed by atoms with Crippen LogP contribution in [0.25, 0.3) is 0 Å². The zero-order valence-corrected chi connectivity index (χ0v) is 12.9. The Morgan fingerprint density at radius 3 is 2.42 bits per heavy atom. The van der Waals surface area contributed by atoms with Gasteiger partial charge in [-0.15, -0.1) is 0 Å². The van der Waals surface area contributed by atoms with Crippen molar-refractivity contribution in [3.8, 4) is 0 Å². The zero-order valence-electron chi connectivity index (χ0n) is 12.9. The predicted octanol–water partition coefficient (Wildman–Crippen LogP) is 3.45. The number of carbonyl (C=O) groups excluding carboxylic acids is 1. The van der Waals surface area contributed by atoms with Crippen LogP contribution in [0.4, 0.5) is 4.79 Å². The maximum absolute atomic E-state index is 11.9. The molecule has 0 aromatic carbocycles. The Balaban J connectivity index is 2.19. The number of hydrogen-bond acceptors (Lipinski definition) is 3. The Bertz CT molecular complexity index is 265. The van der Waals surface area contributed by atoms with Gasteiger partial charge < -0.3 is 14.4 Å². The van der Waals surface area contributed by atoms with Crippen molar-refractivity contribution in [3.05, 3.63) is 0 Å². The van der Waals surface area contributed by atoms with Crippen molar-refractivity contribution in [3.63, 3.8) is 0 Å². The van der Waals surface area contributed by atoms with Crippen LogP contribution >= 0.6 is 0 Å². The third kappa shape index (κ3) is 6.81. The molecule has 0 unspecified atom stereocenters. The second-order valence-electron chi connectivity index (χ2n) is 6.34. The normalized spacial score (nSPS) is 17.6. The topological polar surface area (TPSA) is 38.8 Å². The molecular weight excluding hydrogens is 242 g/mol. The van der Waals surface area contributed by atoms with Crippen LogP contribution in [0, 0.1) is 5.92 Å². The highest BCUT2D eigenvalue weighted by atomic mass is 16.6. The molecule has 1 aliphatic rings. The van der Waals surface area contributed by atoms with Crippen molar-refractivity contribution < 1.29 is 14.3 Å². The van der Waals surface area contributed by atoms with Gasteiger partial charge in [-0.1, -0.05) is 13.3 Å². The van der Waals surface area contributed by atoms with Crippen molar-refractivity contribution in [1.29, 1.82) is 0 Å². The number of ether oxygens (including phenoxy) is 2. The van der Waals surface area contributed by atoms with Crippen molar-refractivity contribution in [2.45, 2.75) is 59.0 Å². The Labute approximate surface area is 117 Å². The molecule has 0 N–H and O–H groups in total. The highest BCUT2D eigenvalue weighted by Crippen LogP contribution is 2.20. The van der Waals surface area contributed by atoms with Crippen molar-refractivity contribution in [2.24, 2.45) is 5.92 Å². The molecule has 1 saturated heterocycles. The maximum atomic E-state index is 11.9. The molecule has 1 amide bonds. The molecule has 4 heteroatoms. The fraction of sp³-hybridized carbons (Fsp3) is 0.933. The predicted molar refractivity (Wildman–Crippen MR) is 76.3 cm³/mol. The van der Waals surface area contributed by atoms with Crippen molar-refractivity contribution in [2.75, 3.05) is 26.3 Å². The van der Waals surface area contributed by atoms with Crippen LogP contribution in [-0.2, 0) is 9.47 Å². The van der Waals surface area contributed by atoms with E-state index >= 15 is 0 Å². The van der Waals surface area contributed by atoms with E-state index in [4.69, 9.17) is 9.47 Å². The number of amides is 1. The van der Waals surface area contributed by atoms with E-state index in [1.165, 1.54) is 6.42 Å². The lowest BCUT2D eigenvalue weighted by Crippen LogP contribution is -2.42. The fourth-order valence-electron chi connectivity index (χ4n) is 2.11. The van der Waals surface area contributed by atoms with Gasteiger partial charge in [-0.3, -0.25) is 0 Å². The molecule has 1 fully saturated rings. The summed E-state index contributed by atoms with van der Waals surface area (Å²) in [5.41, 5.74) is -0.406. The van der Waals surface area contributed by atoms with Gasteiger partial charge in [0.2, 0.25) is 0 Å². The summed E-state index contributed by atoms with van der Waals surface area (Å²) in [5.74, 6) is 0.593. The molecule has 0 bridgehead atoms. The molecule has 19 heavy (non-hydrogen) atoms. The number of rotatable bonds is 5. The summed E-state index contributed by atoms with van der Waals surface area (Å²) < 4.78 is 11.0. The van der Waals surface area contributed by atoms with E-state index in [1.807, 2.05) is 25.7 Å². The number of nitrogens with zero attached hydrogens (tertiary/aromatic N) is 1. The molecule has 112 valence electrons. The summed E-state index contributed by atoms with van der Waals surface area (Å²) in [7, 11) is 0. The fourth-order valence-corrected chi connectivity index (χ4v) is 2.11. The molecule has 0 aromatic heterocycles. The average Bonchev–Trinajstić information content (AvgIpc) is 2.33. The quantitative estimate of drug-likeness (QED) is 0.719. The Kier molecular flexibility index (Phi) is 6.63. The molecule has 1 heterocycles.